The largest absolute Gasteiger partial charge is 0.103 e. The lowest BCUT2D eigenvalue weighted by Crippen LogP contribution is -1.76. The van der Waals surface area contributed by atoms with E-state index in [1.165, 1.54) is 44.9 Å². The molecule has 0 fully saturated rings. The number of hydrogen-bond acceptors (Lipinski definition) is 0. The van der Waals surface area contributed by atoms with Crippen molar-refractivity contribution in [2.75, 3.05) is 0 Å². The fourth-order valence-corrected chi connectivity index (χ4v) is 1.46. The second kappa shape index (κ2) is 13.2. The first-order chi connectivity index (χ1) is 7.41. The second-order valence-electron chi connectivity index (χ2n) is 3.94. The van der Waals surface area contributed by atoms with Crippen LogP contribution in [-0.4, -0.2) is 0 Å². The molecule has 0 heteroatoms. The molecule has 0 nitrogen and oxygen atoms in total. The summed E-state index contributed by atoms with van der Waals surface area (Å²) in [5.74, 6) is 0. The number of hydrogen-bond donors (Lipinski definition) is 0. The Morgan fingerprint density at radius 2 is 1.60 bits per heavy atom. The zero-order valence-corrected chi connectivity index (χ0v) is 10.3. The molecule has 1 rings (SSSR count). The van der Waals surface area contributed by atoms with Crippen molar-refractivity contribution in [1.82, 2.24) is 0 Å². The van der Waals surface area contributed by atoms with Crippen molar-refractivity contribution in [3.8, 4) is 0 Å². The molecule has 0 saturated heterocycles. The highest BCUT2D eigenvalue weighted by Gasteiger charge is 1.86. The van der Waals surface area contributed by atoms with E-state index in [1.54, 1.807) is 0 Å². The highest BCUT2D eigenvalue weighted by Crippen LogP contribution is 2.06. The fraction of sp³-hybridized carbons (Fsp3) is 0.600. The fourth-order valence-electron chi connectivity index (χ4n) is 1.46. The Bertz CT molecular complexity index is 164. The summed E-state index contributed by atoms with van der Waals surface area (Å²) in [5, 5.41) is 0. The molecule has 0 saturated carbocycles. The predicted molar refractivity (Wildman–Crippen MR) is 71.1 cm³/mol. The van der Waals surface area contributed by atoms with E-state index >= 15 is 0 Å². The second-order valence-corrected chi connectivity index (χ2v) is 3.94. The van der Waals surface area contributed by atoms with Gasteiger partial charge in [-0.05, 0) is 19.3 Å². The maximum Gasteiger partial charge on any atom is -0.0163 e. The van der Waals surface area contributed by atoms with Crippen LogP contribution >= 0.6 is 0 Å². The molecular formula is C15H26. The van der Waals surface area contributed by atoms with E-state index < -0.39 is 0 Å². The van der Waals surface area contributed by atoms with Gasteiger partial charge in [0.25, 0.3) is 0 Å². The van der Waals surface area contributed by atoms with Crippen molar-refractivity contribution >= 4 is 0 Å². The molecule has 0 aromatic rings. The molecule has 1 aliphatic rings. The summed E-state index contributed by atoms with van der Waals surface area (Å²) in [6, 6.07) is 0. The molecule has 0 unspecified atom stereocenters. The van der Waals surface area contributed by atoms with Crippen LogP contribution in [0.3, 0.4) is 0 Å². The van der Waals surface area contributed by atoms with Crippen molar-refractivity contribution in [2.45, 2.75) is 58.3 Å². The van der Waals surface area contributed by atoms with Crippen molar-refractivity contribution in [3.05, 3.63) is 37.0 Å². The van der Waals surface area contributed by atoms with Crippen LogP contribution in [0, 0.1) is 0 Å². The highest BCUT2D eigenvalue weighted by atomic mass is 13.9. The Kier molecular flexibility index (Phi) is 12.5. The van der Waals surface area contributed by atoms with Crippen molar-refractivity contribution < 1.29 is 0 Å². The third-order valence-corrected chi connectivity index (χ3v) is 2.42. The Morgan fingerprint density at radius 1 is 1.00 bits per heavy atom. The molecule has 0 aromatic carbocycles. The van der Waals surface area contributed by atoms with E-state index in [9.17, 15) is 0 Å². The number of rotatable bonds is 7. The van der Waals surface area contributed by atoms with Gasteiger partial charge in [0.15, 0.2) is 0 Å². The molecule has 0 spiro atoms. The zero-order valence-electron chi connectivity index (χ0n) is 10.3. The lowest BCUT2D eigenvalue weighted by Gasteiger charge is -1.96. The van der Waals surface area contributed by atoms with Gasteiger partial charge in [-0.2, -0.15) is 0 Å². The Labute approximate surface area is 95.8 Å². The van der Waals surface area contributed by atoms with Crippen molar-refractivity contribution in [1.29, 1.82) is 0 Å². The van der Waals surface area contributed by atoms with E-state index in [0.29, 0.717) is 0 Å². The van der Waals surface area contributed by atoms with E-state index in [1.807, 2.05) is 6.08 Å². The summed E-state index contributed by atoms with van der Waals surface area (Å²) in [4.78, 5) is 0. The van der Waals surface area contributed by atoms with Gasteiger partial charge in [0.1, 0.15) is 0 Å². The lowest BCUT2D eigenvalue weighted by atomic mass is 10.1. The first kappa shape index (κ1) is 14.2. The third-order valence-electron chi connectivity index (χ3n) is 2.42. The average Bonchev–Trinajstić information content (AvgIpc) is 2.82. The normalized spacial score (nSPS) is 12.3. The Balaban J connectivity index is 0.000000322. The molecule has 0 atom stereocenters. The smallest absolute Gasteiger partial charge is 0.0163 e. The van der Waals surface area contributed by atoms with Gasteiger partial charge in [-0.25, -0.2) is 0 Å². The highest BCUT2D eigenvalue weighted by molar-refractivity contribution is 5.11. The van der Waals surface area contributed by atoms with Crippen molar-refractivity contribution in [2.24, 2.45) is 0 Å². The molecular weight excluding hydrogens is 180 g/mol. The summed E-state index contributed by atoms with van der Waals surface area (Å²) in [7, 11) is 0. The maximum absolute atomic E-state index is 3.69. The summed E-state index contributed by atoms with van der Waals surface area (Å²) in [5.41, 5.74) is 0. The van der Waals surface area contributed by atoms with Gasteiger partial charge < -0.3 is 0 Å². The first-order valence-corrected chi connectivity index (χ1v) is 6.34. The average molecular weight is 206 g/mol. The van der Waals surface area contributed by atoms with Gasteiger partial charge in [-0.15, -0.1) is 6.58 Å². The van der Waals surface area contributed by atoms with E-state index in [2.05, 4.69) is 37.8 Å². The monoisotopic (exact) mass is 206 g/mol. The molecule has 15 heavy (non-hydrogen) atoms. The van der Waals surface area contributed by atoms with Gasteiger partial charge >= 0.3 is 0 Å². The zero-order chi connectivity index (χ0) is 11.2. The number of unbranched alkanes of at least 4 members (excludes halogenated alkanes) is 6. The predicted octanol–water partition coefficient (Wildman–Crippen LogP) is 5.43. The SMILES string of the molecule is C1=CCC=C1.C=CCCCCCCCC. The minimum Gasteiger partial charge on any atom is -0.103 e. The molecule has 1 aliphatic carbocycles. The minimum absolute atomic E-state index is 1.14. The van der Waals surface area contributed by atoms with Gasteiger partial charge in [0.2, 0.25) is 0 Å². The van der Waals surface area contributed by atoms with Gasteiger partial charge in [0.05, 0.1) is 0 Å². The summed E-state index contributed by atoms with van der Waals surface area (Å²) in [6.45, 7) is 5.95. The van der Waals surface area contributed by atoms with E-state index in [4.69, 9.17) is 0 Å². The van der Waals surface area contributed by atoms with Gasteiger partial charge in [-0.1, -0.05) is 69.4 Å². The number of allylic oxidation sites excluding steroid dienone is 5. The molecule has 0 radical (unpaired) electrons. The van der Waals surface area contributed by atoms with Crippen LogP contribution in [0.5, 0.6) is 0 Å². The van der Waals surface area contributed by atoms with Crippen LogP contribution in [0.4, 0.5) is 0 Å². The van der Waals surface area contributed by atoms with Gasteiger partial charge in [-0.3, -0.25) is 0 Å². The van der Waals surface area contributed by atoms with Crippen molar-refractivity contribution in [3.63, 3.8) is 0 Å². The quantitative estimate of drug-likeness (QED) is 0.385. The van der Waals surface area contributed by atoms with Crippen LogP contribution < -0.4 is 0 Å². The molecule has 0 amide bonds. The molecule has 0 N–H and O–H groups in total. The summed E-state index contributed by atoms with van der Waals surface area (Å²) >= 11 is 0. The molecule has 0 bridgehead atoms. The molecule has 0 heterocycles. The van der Waals surface area contributed by atoms with Crippen LogP contribution in [-0.2, 0) is 0 Å². The maximum atomic E-state index is 3.69. The summed E-state index contributed by atoms with van der Waals surface area (Å²) < 4.78 is 0. The summed E-state index contributed by atoms with van der Waals surface area (Å²) in [6.07, 6.45) is 21.1. The minimum atomic E-state index is 1.14. The molecule has 86 valence electrons. The third kappa shape index (κ3) is 13.2. The van der Waals surface area contributed by atoms with Crippen LogP contribution in [0.2, 0.25) is 0 Å². The molecule has 0 aliphatic heterocycles. The van der Waals surface area contributed by atoms with Crippen LogP contribution in [0.15, 0.2) is 37.0 Å². The standard InChI is InChI=1S/C10H20.C5H6/c1-3-5-7-9-10-8-6-4-2;1-2-4-5-3-1/h3H,1,4-10H2,2H3;1-4H,5H2. The van der Waals surface area contributed by atoms with Crippen LogP contribution in [0.1, 0.15) is 58.3 Å². The van der Waals surface area contributed by atoms with E-state index in [0.717, 1.165) is 6.42 Å². The lowest BCUT2D eigenvalue weighted by molar-refractivity contribution is 0.611. The molecule has 0 aromatic heterocycles. The topological polar surface area (TPSA) is 0 Å². The van der Waals surface area contributed by atoms with E-state index in [-0.39, 0.29) is 0 Å². The first-order valence-electron chi connectivity index (χ1n) is 6.34. The Hall–Kier alpha value is -0.780. The van der Waals surface area contributed by atoms with Gasteiger partial charge in [0, 0.05) is 0 Å². The van der Waals surface area contributed by atoms with Crippen LogP contribution in [0.25, 0.3) is 0 Å². The Morgan fingerprint density at radius 3 is 2.07 bits per heavy atom.